The fourth-order valence-electron chi connectivity index (χ4n) is 3.14. The second-order valence-electron chi connectivity index (χ2n) is 6.82. The van der Waals surface area contributed by atoms with Gasteiger partial charge in [0.05, 0.1) is 12.5 Å². The molecule has 0 heterocycles. The second-order valence-corrected chi connectivity index (χ2v) is 6.82. The van der Waals surface area contributed by atoms with Crippen LogP contribution in [0.2, 0.25) is 0 Å². The predicted octanol–water partition coefficient (Wildman–Crippen LogP) is 3.37. The molecule has 0 aromatic heterocycles. The third-order valence-electron chi connectivity index (χ3n) is 4.85. The first kappa shape index (κ1) is 22.5. The van der Waals surface area contributed by atoms with Gasteiger partial charge in [-0.2, -0.15) is 0 Å². The summed E-state index contributed by atoms with van der Waals surface area (Å²) in [6, 6.07) is 7.37. The first-order valence-corrected chi connectivity index (χ1v) is 8.98. The Morgan fingerprint density at radius 2 is 1.93 bits per heavy atom. The van der Waals surface area contributed by atoms with Crippen molar-refractivity contribution in [3.63, 3.8) is 0 Å². The lowest BCUT2D eigenvalue weighted by Gasteiger charge is -2.22. The van der Waals surface area contributed by atoms with E-state index in [0.29, 0.717) is 19.4 Å². The number of nitrogens with zero attached hydrogens (tertiary/aromatic N) is 3. The van der Waals surface area contributed by atoms with Crippen LogP contribution < -0.4 is 5.73 Å². The van der Waals surface area contributed by atoms with E-state index in [9.17, 15) is 9.59 Å². The molecule has 1 aliphatic rings. The number of carboxylic acid groups (broad SMARTS) is 1. The Morgan fingerprint density at radius 3 is 2.41 bits per heavy atom. The van der Waals surface area contributed by atoms with E-state index < -0.39 is 17.4 Å². The average molecular weight is 376 g/mol. The van der Waals surface area contributed by atoms with Gasteiger partial charge in [-0.3, -0.25) is 9.59 Å². The molecular formula is C19H28N4O4. The molecule has 1 atom stereocenters. The molecule has 0 radical (unpaired) electrons. The van der Waals surface area contributed by atoms with Crippen molar-refractivity contribution in [1.82, 2.24) is 0 Å². The van der Waals surface area contributed by atoms with Gasteiger partial charge in [0.25, 0.3) is 0 Å². The van der Waals surface area contributed by atoms with Crippen molar-refractivity contribution in [2.24, 2.45) is 16.3 Å². The highest BCUT2D eigenvalue weighted by molar-refractivity contribution is 5.75. The molecule has 3 N–H and O–H groups in total. The summed E-state index contributed by atoms with van der Waals surface area (Å²) < 4.78 is 4.54. The molecule has 0 bridgehead atoms. The number of esters is 1. The van der Waals surface area contributed by atoms with Gasteiger partial charge < -0.3 is 15.6 Å². The maximum Gasteiger partial charge on any atom is 0.322 e. The number of carboxylic acids is 1. The van der Waals surface area contributed by atoms with Crippen molar-refractivity contribution in [2.45, 2.75) is 51.5 Å². The van der Waals surface area contributed by atoms with Crippen LogP contribution in [0.25, 0.3) is 10.4 Å². The highest BCUT2D eigenvalue weighted by atomic mass is 16.5. The summed E-state index contributed by atoms with van der Waals surface area (Å²) in [7, 11) is 1.34. The van der Waals surface area contributed by atoms with Crippen molar-refractivity contribution >= 4 is 11.9 Å². The zero-order valence-electron chi connectivity index (χ0n) is 15.9. The van der Waals surface area contributed by atoms with E-state index >= 15 is 0 Å². The number of methoxy groups -OCH3 is 1. The molecule has 1 aromatic carbocycles. The fraction of sp³-hybridized carbons (Fsp3) is 0.579. The highest BCUT2D eigenvalue weighted by Crippen LogP contribution is 2.41. The van der Waals surface area contributed by atoms with Crippen LogP contribution >= 0.6 is 0 Å². The van der Waals surface area contributed by atoms with Gasteiger partial charge in [-0.05, 0) is 43.7 Å². The number of ether oxygens (including phenoxy) is 1. The van der Waals surface area contributed by atoms with E-state index in [0.717, 1.165) is 31.2 Å². The van der Waals surface area contributed by atoms with E-state index in [1.807, 2.05) is 31.2 Å². The maximum absolute atomic E-state index is 11.0. The summed E-state index contributed by atoms with van der Waals surface area (Å²) in [6.07, 6.45) is 4.40. The van der Waals surface area contributed by atoms with Crippen LogP contribution in [0, 0.1) is 12.3 Å². The summed E-state index contributed by atoms with van der Waals surface area (Å²) in [4.78, 5) is 24.6. The predicted molar refractivity (Wildman–Crippen MR) is 102 cm³/mol. The summed E-state index contributed by atoms with van der Waals surface area (Å²) >= 11 is 0. The van der Waals surface area contributed by atoms with Gasteiger partial charge in [0, 0.05) is 11.5 Å². The van der Waals surface area contributed by atoms with Crippen molar-refractivity contribution in [3.8, 4) is 0 Å². The van der Waals surface area contributed by atoms with Crippen LogP contribution in [0.5, 0.6) is 0 Å². The number of carbonyl (C=O) groups excluding carboxylic acids is 1. The maximum atomic E-state index is 11.0. The lowest BCUT2D eigenvalue weighted by Crippen LogP contribution is -2.33. The molecule has 27 heavy (non-hydrogen) atoms. The SMILES string of the molecule is COC(=O)C(N)Cc1ccc(C)cc1.[N-]=[N+]=NCCC1(C(=O)O)CCCC1. The molecule has 0 spiro atoms. The number of aryl methyl sites for hydroxylation is 1. The van der Waals surface area contributed by atoms with Crippen LogP contribution in [-0.4, -0.2) is 36.7 Å². The van der Waals surface area contributed by atoms with E-state index in [1.165, 1.54) is 12.7 Å². The lowest BCUT2D eigenvalue weighted by atomic mass is 9.83. The van der Waals surface area contributed by atoms with E-state index in [4.69, 9.17) is 16.4 Å². The molecule has 1 aliphatic carbocycles. The molecule has 1 unspecified atom stereocenters. The molecule has 8 heteroatoms. The van der Waals surface area contributed by atoms with Crippen molar-refractivity contribution in [3.05, 3.63) is 45.8 Å². The van der Waals surface area contributed by atoms with Gasteiger partial charge >= 0.3 is 11.9 Å². The summed E-state index contributed by atoms with van der Waals surface area (Å²) in [5.41, 5.74) is 15.3. The molecule has 0 aliphatic heterocycles. The molecule has 1 aromatic rings. The van der Waals surface area contributed by atoms with Crippen molar-refractivity contribution in [2.75, 3.05) is 13.7 Å². The van der Waals surface area contributed by atoms with Gasteiger partial charge in [0.15, 0.2) is 0 Å². The molecule has 0 saturated heterocycles. The molecule has 1 saturated carbocycles. The minimum absolute atomic E-state index is 0.294. The summed E-state index contributed by atoms with van der Waals surface area (Å²) in [6.45, 7) is 2.31. The molecular weight excluding hydrogens is 348 g/mol. The number of benzene rings is 1. The number of rotatable bonds is 7. The Balaban J connectivity index is 0.000000271. The van der Waals surface area contributed by atoms with Gasteiger partial charge in [-0.1, -0.05) is 47.8 Å². The summed E-state index contributed by atoms with van der Waals surface area (Å²) in [5.74, 6) is -1.11. The smallest absolute Gasteiger partial charge is 0.322 e. The molecule has 8 nitrogen and oxygen atoms in total. The number of carbonyl (C=O) groups is 2. The number of hydrogen-bond donors (Lipinski definition) is 2. The van der Waals surface area contributed by atoms with Crippen molar-refractivity contribution < 1.29 is 19.4 Å². The fourth-order valence-corrected chi connectivity index (χ4v) is 3.14. The molecule has 1 fully saturated rings. The van der Waals surface area contributed by atoms with Gasteiger partial charge in [-0.25, -0.2) is 0 Å². The lowest BCUT2D eigenvalue weighted by molar-refractivity contribution is -0.149. The van der Waals surface area contributed by atoms with E-state index in [2.05, 4.69) is 14.8 Å². The van der Waals surface area contributed by atoms with E-state index in [-0.39, 0.29) is 5.97 Å². The van der Waals surface area contributed by atoms with Gasteiger partial charge in [0.2, 0.25) is 0 Å². The van der Waals surface area contributed by atoms with Crippen LogP contribution in [0.15, 0.2) is 29.4 Å². The third-order valence-corrected chi connectivity index (χ3v) is 4.85. The topological polar surface area (TPSA) is 138 Å². The standard InChI is InChI=1S/C11H15NO2.C8H13N3O2/c1-8-3-5-9(6-4-8)7-10(12)11(13)14-2;9-11-10-6-5-8(7(12)13)3-1-2-4-8/h3-6,10H,7,12H2,1-2H3;1-6H2,(H,12,13). The number of aliphatic carboxylic acids is 1. The monoisotopic (exact) mass is 376 g/mol. The van der Waals surface area contributed by atoms with Crippen LogP contribution in [0.1, 0.15) is 43.2 Å². The van der Waals surface area contributed by atoms with E-state index in [1.54, 1.807) is 0 Å². The molecule has 148 valence electrons. The summed E-state index contributed by atoms with van der Waals surface area (Å²) in [5, 5.41) is 12.4. The van der Waals surface area contributed by atoms with Crippen LogP contribution in [0.3, 0.4) is 0 Å². The molecule has 0 amide bonds. The van der Waals surface area contributed by atoms with Gasteiger partial charge in [-0.15, -0.1) is 0 Å². The quantitative estimate of drug-likeness (QED) is 0.325. The minimum Gasteiger partial charge on any atom is -0.481 e. The third kappa shape index (κ3) is 7.29. The number of azide groups is 1. The van der Waals surface area contributed by atoms with Crippen molar-refractivity contribution in [1.29, 1.82) is 0 Å². The van der Waals surface area contributed by atoms with Crippen LogP contribution in [0.4, 0.5) is 0 Å². The zero-order chi connectivity index (χ0) is 20.3. The Bertz CT molecular complexity index is 663. The number of nitrogens with two attached hydrogens (primary N) is 1. The Hall–Kier alpha value is -2.57. The molecule has 2 rings (SSSR count). The largest absolute Gasteiger partial charge is 0.481 e. The highest BCUT2D eigenvalue weighted by Gasteiger charge is 2.40. The number of hydrogen-bond acceptors (Lipinski definition) is 5. The average Bonchev–Trinajstić information content (AvgIpc) is 3.14. The first-order valence-electron chi connectivity index (χ1n) is 8.98. The minimum atomic E-state index is -0.738. The first-order chi connectivity index (χ1) is 12.8. The Kier molecular flexibility index (Phi) is 9.33. The zero-order valence-corrected chi connectivity index (χ0v) is 15.9. The normalized spacial score (nSPS) is 15.7. The Morgan fingerprint density at radius 1 is 1.33 bits per heavy atom. The van der Waals surface area contributed by atoms with Crippen LogP contribution in [-0.2, 0) is 20.7 Å². The second kappa shape index (κ2) is 11.2. The van der Waals surface area contributed by atoms with Gasteiger partial charge in [0.1, 0.15) is 6.04 Å². The Labute approximate surface area is 159 Å².